The van der Waals surface area contributed by atoms with Crippen LogP contribution in [-0.4, -0.2) is 40.8 Å². The highest BCUT2D eigenvalue weighted by Gasteiger charge is 2.45. The van der Waals surface area contributed by atoms with Crippen LogP contribution < -0.4 is 5.32 Å². The van der Waals surface area contributed by atoms with Crippen LogP contribution in [0.15, 0.2) is 48.7 Å². The Morgan fingerprint density at radius 3 is 2.40 bits per heavy atom. The van der Waals surface area contributed by atoms with Crippen LogP contribution in [0.4, 0.5) is 0 Å². The van der Waals surface area contributed by atoms with Gasteiger partial charge in [-0.2, -0.15) is 0 Å². The van der Waals surface area contributed by atoms with Crippen LogP contribution in [0.3, 0.4) is 0 Å². The average molecular weight is 404 g/mol. The summed E-state index contributed by atoms with van der Waals surface area (Å²) in [6.45, 7) is 3.41. The highest BCUT2D eigenvalue weighted by atomic mass is 16.2. The highest BCUT2D eigenvalue weighted by Crippen LogP contribution is 2.54. The number of hydrogen-bond acceptors (Lipinski definition) is 3. The molecule has 2 aromatic rings. The van der Waals surface area contributed by atoms with Gasteiger partial charge in [0, 0.05) is 30.9 Å². The zero-order valence-corrected chi connectivity index (χ0v) is 17.5. The first-order chi connectivity index (χ1) is 14.5. The predicted molar refractivity (Wildman–Crippen MR) is 115 cm³/mol. The van der Waals surface area contributed by atoms with Gasteiger partial charge in [-0.3, -0.25) is 14.6 Å². The second kappa shape index (κ2) is 7.53. The van der Waals surface area contributed by atoms with E-state index in [1.165, 1.54) is 18.4 Å². The number of benzene rings is 1. The maximum Gasteiger partial charge on any atom is 0.253 e. The van der Waals surface area contributed by atoms with Crippen molar-refractivity contribution in [3.05, 3.63) is 65.5 Å². The molecule has 5 nitrogen and oxygen atoms in total. The van der Waals surface area contributed by atoms with Crippen molar-refractivity contribution in [1.29, 1.82) is 0 Å². The second-order valence-electron chi connectivity index (χ2n) is 9.35. The number of aromatic nitrogens is 1. The summed E-state index contributed by atoms with van der Waals surface area (Å²) in [4.78, 5) is 31.8. The number of piperidine rings is 1. The smallest absolute Gasteiger partial charge is 0.253 e. The molecule has 0 unspecified atom stereocenters. The molecule has 3 atom stereocenters. The summed E-state index contributed by atoms with van der Waals surface area (Å²) < 4.78 is 0. The van der Waals surface area contributed by atoms with Gasteiger partial charge in [0.05, 0.1) is 5.56 Å². The number of amides is 2. The lowest BCUT2D eigenvalue weighted by Crippen LogP contribution is -2.49. The molecule has 1 aromatic carbocycles. The van der Waals surface area contributed by atoms with Crippen molar-refractivity contribution < 1.29 is 9.59 Å². The van der Waals surface area contributed by atoms with Crippen LogP contribution in [0, 0.1) is 5.41 Å². The van der Waals surface area contributed by atoms with Crippen LogP contribution in [0.25, 0.3) is 0 Å². The Morgan fingerprint density at radius 1 is 1.03 bits per heavy atom. The fourth-order valence-corrected chi connectivity index (χ4v) is 4.84. The van der Waals surface area contributed by atoms with E-state index in [-0.39, 0.29) is 11.8 Å². The van der Waals surface area contributed by atoms with Crippen LogP contribution in [0.2, 0.25) is 0 Å². The third-order valence-corrected chi connectivity index (χ3v) is 7.26. The lowest BCUT2D eigenvalue weighted by atomic mass is 9.93. The molecule has 2 aliphatic carbocycles. The largest absolute Gasteiger partial charge is 0.341 e. The van der Waals surface area contributed by atoms with Gasteiger partial charge in [0.25, 0.3) is 5.91 Å². The molecule has 5 heteroatoms. The third kappa shape index (κ3) is 3.85. The van der Waals surface area contributed by atoms with Crippen molar-refractivity contribution in [3.63, 3.8) is 0 Å². The number of likely N-dealkylation sites (tertiary alicyclic amines) is 1. The molecule has 2 amide bonds. The molecule has 156 valence electrons. The van der Waals surface area contributed by atoms with E-state index in [0.29, 0.717) is 22.8 Å². The van der Waals surface area contributed by atoms with Crippen molar-refractivity contribution >= 4 is 11.8 Å². The summed E-state index contributed by atoms with van der Waals surface area (Å²) in [6.07, 6.45) is 7.59. The summed E-state index contributed by atoms with van der Waals surface area (Å²) >= 11 is 0. The number of pyridine rings is 1. The quantitative estimate of drug-likeness (QED) is 0.824. The number of nitrogens with zero attached hydrogens (tertiary/aromatic N) is 2. The topological polar surface area (TPSA) is 62.3 Å². The Kier molecular flexibility index (Phi) is 4.84. The first kappa shape index (κ1) is 19.3. The van der Waals surface area contributed by atoms with E-state index in [0.717, 1.165) is 38.0 Å². The van der Waals surface area contributed by atoms with Crippen LogP contribution in [0.5, 0.6) is 0 Å². The minimum Gasteiger partial charge on any atom is -0.341 e. The molecule has 30 heavy (non-hydrogen) atoms. The molecule has 3 aliphatic rings. The molecule has 1 saturated heterocycles. The normalized spacial score (nSPS) is 24.9. The van der Waals surface area contributed by atoms with E-state index in [4.69, 9.17) is 0 Å². The van der Waals surface area contributed by atoms with Gasteiger partial charge in [0.1, 0.15) is 6.04 Å². The number of carbonyl (C=O) groups is 2. The zero-order chi connectivity index (χ0) is 20.7. The Morgan fingerprint density at radius 2 is 1.77 bits per heavy atom. The maximum atomic E-state index is 12.7. The van der Waals surface area contributed by atoms with Gasteiger partial charge in [0.15, 0.2) is 0 Å². The number of carbonyl (C=O) groups excluding carboxylic acids is 2. The van der Waals surface area contributed by atoms with Crippen LogP contribution in [0.1, 0.15) is 72.5 Å². The van der Waals surface area contributed by atoms with Crippen LogP contribution in [-0.2, 0) is 4.79 Å². The lowest BCUT2D eigenvalue weighted by molar-refractivity contribution is -0.134. The lowest BCUT2D eigenvalue weighted by Gasteiger charge is -2.33. The van der Waals surface area contributed by atoms with Crippen molar-refractivity contribution in [2.24, 2.45) is 5.41 Å². The van der Waals surface area contributed by atoms with E-state index in [1.54, 1.807) is 13.1 Å². The maximum absolute atomic E-state index is 12.7. The number of rotatable bonds is 5. The Bertz CT molecular complexity index is 927. The summed E-state index contributed by atoms with van der Waals surface area (Å²) in [5.41, 5.74) is 3.43. The van der Waals surface area contributed by atoms with E-state index in [1.807, 2.05) is 23.1 Å². The third-order valence-electron chi connectivity index (χ3n) is 7.26. The summed E-state index contributed by atoms with van der Waals surface area (Å²) in [5.74, 6) is 0.738. The Labute approximate surface area is 177 Å². The molecular weight excluding hydrogens is 374 g/mol. The molecule has 1 aromatic heterocycles. The van der Waals surface area contributed by atoms with Crippen molar-refractivity contribution in [2.75, 3.05) is 13.1 Å². The Balaban J connectivity index is 1.15. The van der Waals surface area contributed by atoms with Gasteiger partial charge in [-0.1, -0.05) is 30.3 Å². The first-order valence-corrected chi connectivity index (χ1v) is 11.2. The van der Waals surface area contributed by atoms with E-state index in [2.05, 4.69) is 34.6 Å². The fourth-order valence-electron chi connectivity index (χ4n) is 4.84. The summed E-state index contributed by atoms with van der Waals surface area (Å²) in [5, 5.41) is 2.86. The Hall–Kier alpha value is -2.69. The molecule has 0 radical (unpaired) electrons. The summed E-state index contributed by atoms with van der Waals surface area (Å²) in [6, 6.07) is 13.8. The van der Waals surface area contributed by atoms with Gasteiger partial charge in [0.2, 0.25) is 5.91 Å². The first-order valence-electron chi connectivity index (χ1n) is 11.2. The van der Waals surface area contributed by atoms with E-state index >= 15 is 0 Å². The molecule has 5 rings (SSSR count). The molecule has 0 bridgehead atoms. The molecule has 2 saturated carbocycles. The van der Waals surface area contributed by atoms with Crippen molar-refractivity contribution in [2.45, 2.75) is 56.9 Å². The van der Waals surface area contributed by atoms with Crippen molar-refractivity contribution in [1.82, 2.24) is 15.2 Å². The monoisotopic (exact) mass is 403 g/mol. The van der Waals surface area contributed by atoms with Gasteiger partial charge >= 0.3 is 0 Å². The zero-order valence-electron chi connectivity index (χ0n) is 17.5. The summed E-state index contributed by atoms with van der Waals surface area (Å²) in [7, 11) is 0. The SMILES string of the molecule is C[C@@H](NC(=O)c1ccc([C@H]2C[C@H]2c2ccccc2)nc1)C(=O)N1CCC2(CC1)CC2. The molecule has 1 aliphatic heterocycles. The van der Waals surface area contributed by atoms with Gasteiger partial charge in [-0.25, -0.2) is 0 Å². The van der Waals surface area contributed by atoms with E-state index in [9.17, 15) is 9.59 Å². The highest BCUT2D eigenvalue weighted by molar-refractivity contribution is 5.97. The van der Waals surface area contributed by atoms with E-state index < -0.39 is 6.04 Å². The minimum atomic E-state index is -0.517. The molecule has 1 spiro atoms. The van der Waals surface area contributed by atoms with Gasteiger partial charge in [-0.15, -0.1) is 0 Å². The average Bonchev–Trinajstić information content (AvgIpc) is 3.71. The standard InChI is InChI=1S/C25H29N3O2/c1-17(24(30)28-13-11-25(9-10-25)12-14-28)27-23(29)19-7-8-22(26-16-19)21-15-20(21)18-5-3-2-4-6-18/h2-8,16-17,20-21H,9-15H2,1H3,(H,27,29)/t17-,20+,21+/m1/s1. The van der Waals surface area contributed by atoms with Gasteiger partial charge in [-0.05, 0) is 68.1 Å². The second-order valence-corrected chi connectivity index (χ2v) is 9.35. The minimum absolute atomic E-state index is 0.0205. The molecule has 3 fully saturated rings. The fraction of sp³-hybridized carbons (Fsp3) is 0.480. The predicted octanol–water partition coefficient (Wildman–Crippen LogP) is 3.87. The molecule has 2 heterocycles. The molecular formula is C25H29N3O2. The molecule has 1 N–H and O–H groups in total. The van der Waals surface area contributed by atoms with Gasteiger partial charge < -0.3 is 10.2 Å². The van der Waals surface area contributed by atoms with Crippen molar-refractivity contribution in [3.8, 4) is 0 Å². The number of nitrogens with one attached hydrogen (secondary N) is 1. The number of hydrogen-bond donors (Lipinski definition) is 1. The van der Waals surface area contributed by atoms with Crippen LogP contribution >= 0.6 is 0 Å².